The molecule has 0 amide bonds. The van der Waals surface area contributed by atoms with Crippen LogP contribution < -0.4 is 5.32 Å². The number of aromatic nitrogens is 2. The van der Waals surface area contributed by atoms with E-state index in [2.05, 4.69) is 33.0 Å². The van der Waals surface area contributed by atoms with E-state index in [1.807, 2.05) is 0 Å². The summed E-state index contributed by atoms with van der Waals surface area (Å²) < 4.78 is 6.10. The number of hydrogen-bond donors (Lipinski definition) is 2. The van der Waals surface area contributed by atoms with Crippen LogP contribution in [-0.4, -0.2) is 38.6 Å². The van der Waals surface area contributed by atoms with Crippen molar-refractivity contribution in [3.05, 3.63) is 10.4 Å². The summed E-state index contributed by atoms with van der Waals surface area (Å²) in [5, 5.41) is 15.3. The molecule has 3 rings (SSSR count). The smallest absolute Gasteiger partial charge is 0.191 e. The van der Waals surface area contributed by atoms with Gasteiger partial charge < -0.3 is 15.2 Å². The minimum atomic E-state index is -0.426. The van der Waals surface area contributed by atoms with E-state index >= 15 is 0 Å². The van der Waals surface area contributed by atoms with E-state index in [4.69, 9.17) is 14.7 Å². The zero-order valence-electron chi connectivity index (χ0n) is 15.5. The monoisotopic (exact) mass is 381 g/mol. The minimum absolute atomic E-state index is 0.131. The third-order valence-corrected chi connectivity index (χ3v) is 6.43. The third kappa shape index (κ3) is 4.10. The van der Waals surface area contributed by atoms with Crippen molar-refractivity contribution in [3.63, 3.8) is 0 Å². The summed E-state index contributed by atoms with van der Waals surface area (Å²) in [5.74, 6) is 0.840. The molecule has 0 saturated carbocycles. The van der Waals surface area contributed by atoms with Crippen molar-refractivity contribution in [1.82, 2.24) is 9.97 Å². The predicted molar refractivity (Wildman–Crippen MR) is 106 cm³/mol. The molecule has 3 heterocycles. The van der Waals surface area contributed by atoms with Crippen LogP contribution in [-0.2, 0) is 17.8 Å². The molecule has 0 spiro atoms. The number of nitrogens with zero attached hydrogens (tertiary/aromatic N) is 2. The second kappa shape index (κ2) is 7.39. The van der Waals surface area contributed by atoms with Gasteiger partial charge in [-0.2, -0.15) is 0 Å². The summed E-state index contributed by atoms with van der Waals surface area (Å²) in [5.41, 5.74) is 1.18. The van der Waals surface area contributed by atoms with E-state index in [0.717, 1.165) is 34.0 Å². The van der Waals surface area contributed by atoms with Crippen molar-refractivity contribution in [2.75, 3.05) is 11.9 Å². The fourth-order valence-corrected chi connectivity index (χ4v) is 4.79. The van der Waals surface area contributed by atoms with Gasteiger partial charge in [0.25, 0.3) is 0 Å². The van der Waals surface area contributed by atoms with Crippen LogP contribution in [0.25, 0.3) is 10.2 Å². The van der Waals surface area contributed by atoms with Gasteiger partial charge in [-0.15, -0.1) is 11.3 Å². The molecule has 0 radical (unpaired) electrons. The standard InChI is InChI=1S/C18H27N3O2S2/c1-6-18(5)7-12-13(9-23-18)25-16-14(12)15(19-8-11(4)22)20-17(21-16)24-10(2)3/h10-11,22H,6-9H2,1-5H3,(H,19,20,21)/t11-,18-/m1/s1. The van der Waals surface area contributed by atoms with Gasteiger partial charge in [0.1, 0.15) is 10.6 Å². The average Bonchev–Trinajstić information content (AvgIpc) is 2.89. The van der Waals surface area contributed by atoms with Gasteiger partial charge in [0, 0.05) is 23.1 Å². The topological polar surface area (TPSA) is 67.3 Å². The highest BCUT2D eigenvalue weighted by Gasteiger charge is 2.33. The Balaban J connectivity index is 2.09. The molecule has 0 fully saturated rings. The summed E-state index contributed by atoms with van der Waals surface area (Å²) in [4.78, 5) is 11.8. The summed E-state index contributed by atoms with van der Waals surface area (Å²) in [7, 11) is 0. The molecule has 1 aliphatic rings. The normalized spacial score (nSPS) is 21.6. The first-order valence-corrected chi connectivity index (χ1v) is 10.6. The molecule has 0 aliphatic carbocycles. The Bertz CT molecular complexity index is 760. The molecule has 2 N–H and O–H groups in total. The second-order valence-corrected chi connectivity index (χ2v) is 9.83. The van der Waals surface area contributed by atoms with Crippen LogP contribution in [0.4, 0.5) is 5.82 Å². The maximum atomic E-state index is 9.68. The van der Waals surface area contributed by atoms with Crippen LogP contribution in [0.3, 0.4) is 0 Å². The first kappa shape index (κ1) is 18.9. The highest BCUT2D eigenvalue weighted by atomic mass is 32.2. The van der Waals surface area contributed by atoms with E-state index in [1.54, 1.807) is 30.0 Å². The van der Waals surface area contributed by atoms with E-state index in [-0.39, 0.29) is 5.60 Å². The molecule has 25 heavy (non-hydrogen) atoms. The highest BCUT2D eigenvalue weighted by Crippen LogP contribution is 2.42. The number of anilines is 1. The van der Waals surface area contributed by atoms with Gasteiger partial charge in [-0.25, -0.2) is 9.97 Å². The van der Waals surface area contributed by atoms with Crippen molar-refractivity contribution in [2.24, 2.45) is 0 Å². The number of thioether (sulfide) groups is 1. The Kier molecular flexibility index (Phi) is 5.58. The van der Waals surface area contributed by atoms with Crippen LogP contribution in [0.5, 0.6) is 0 Å². The van der Waals surface area contributed by atoms with E-state index < -0.39 is 6.10 Å². The molecule has 2 aromatic rings. The summed E-state index contributed by atoms with van der Waals surface area (Å²) in [6.07, 6.45) is 1.43. The quantitative estimate of drug-likeness (QED) is 0.577. The lowest BCUT2D eigenvalue weighted by molar-refractivity contribution is -0.0542. The largest absolute Gasteiger partial charge is 0.392 e. The van der Waals surface area contributed by atoms with Crippen molar-refractivity contribution in [2.45, 2.75) is 76.2 Å². The van der Waals surface area contributed by atoms with Crippen molar-refractivity contribution < 1.29 is 9.84 Å². The highest BCUT2D eigenvalue weighted by molar-refractivity contribution is 7.99. The number of nitrogens with one attached hydrogen (secondary N) is 1. The Morgan fingerprint density at radius 2 is 2.12 bits per heavy atom. The van der Waals surface area contributed by atoms with Gasteiger partial charge in [-0.1, -0.05) is 32.5 Å². The molecule has 0 bridgehead atoms. The Morgan fingerprint density at radius 3 is 2.76 bits per heavy atom. The molecule has 0 aromatic carbocycles. The number of fused-ring (bicyclic) bond motifs is 3. The number of aliphatic hydroxyl groups is 1. The zero-order valence-corrected chi connectivity index (χ0v) is 17.2. The van der Waals surface area contributed by atoms with Gasteiger partial charge >= 0.3 is 0 Å². The number of rotatable bonds is 6. The molecular formula is C18H27N3O2S2. The summed E-state index contributed by atoms with van der Waals surface area (Å²) >= 11 is 3.37. The third-order valence-electron chi connectivity index (χ3n) is 4.47. The minimum Gasteiger partial charge on any atom is -0.392 e. The Morgan fingerprint density at radius 1 is 1.36 bits per heavy atom. The van der Waals surface area contributed by atoms with Crippen LogP contribution in [0.1, 0.15) is 51.5 Å². The molecular weight excluding hydrogens is 354 g/mol. The molecule has 1 aliphatic heterocycles. The van der Waals surface area contributed by atoms with Gasteiger partial charge in [-0.3, -0.25) is 0 Å². The van der Waals surface area contributed by atoms with E-state index in [9.17, 15) is 5.11 Å². The first-order valence-electron chi connectivity index (χ1n) is 8.86. The average molecular weight is 382 g/mol. The maximum Gasteiger partial charge on any atom is 0.191 e. The van der Waals surface area contributed by atoms with Crippen molar-refractivity contribution >= 4 is 39.1 Å². The second-order valence-electron chi connectivity index (χ2n) is 7.20. The predicted octanol–water partition coefficient (Wildman–Crippen LogP) is 4.23. The Labute approximate surface area is 157 Å². The lowest BCUT2D eigenvalue weighted by Crippen LogP contribution is -2.34. The summed E-state index contributed by atoms with van der Waals surface area (Å²) in [6, 6.07) is 0. The molecule has 0 saturated heterocycles. The number of hydrogen-bond acceptors (Lipinski definition) is 7. The first-order chi connectivity index (χ1) is 11.8. The van der Waals surface area contributed by atoms with E-state index in [1.165, 1.54) is 10.4 Å². The fourth-order valence-electron chi connectivity index (χ4n) is 2.92. The van der Waals surface area contributed by atoms with E-state index in [0.29, 0.717) is 18.4 Å². The lowest BCUT2D eigenvalue weighted by Gasteiger charge is -2.33. The van der Waals surface area contributed by atoms with Gasteiger partial charge in [0.05, 0.1) is 23.7 Å². The number of ether oxygens (including phenoxy) is 1. The SMILES string of the molecule is CC[C@]1(C)Cc2c(sc3nc(SC(C)C)nc(NC[C@@H](C)O)c23)CO1. The molecule has 5 nitrogen and oxygen atoms in total. The molecule has 138 valence electrons. The van der Waals surface area contributed by atoms with Gasteiger partial charge in [-0.05, 0) is 25.8 Å². The van der Waals surface area contributed by atoms with Gasteiger partial charge in [0.15, 0.2) is 5.16 Å². The summed E-state index contributed by atoms with van der Waals surface area (Å²) in [6.45, 7) is 11.5. The van der Waals surface area contributed by atoms with Crippen LogP contribution >= 0.6 is 23.1 Å². The lowest BCUT2D eigenvalue weighted by atomic mass is 9.90. The van der Waals surface area contributed by atoms with Crippen molar-refractivity contribution in [1.29, 1.82) is 0 Å². The molecule has 0 unspecified atom stereocenters. The van der Waals surface area contributed by atoms with Crippen LogP contribution in [0.2, 0.25) is 0 Å². The van der Waals surface area contributed by atoms with Crippen LogP contribution in [0.15, 0.2) is 5.16 Å². The number of aliphatic hydroxyl groups excluding tert-OH is 1. The maximum absolute atomic E-state index is 9.68. The van der Waals surface area contributed by atoms with Gasteiger partial charge in [0.2, 0.25) is 0 Å². The fraction of sp³-hybridized carbons (Fsp3) is 0.667. The molecule has 2 aromatic heterocycles. The number of thiophene rings is 1. The zero-order chi connectivity index (χ0) is 18.2. The molecule has 7 heteroatoms. The van der Waals surface area contributed by atoms with Crippen molar-refractivity contribution in [3.8, 4) is 0 Å². The molecule has 2 atom stereocenters. The Hall–Kier alpha value is -0.890. The van der Waals surface area contributed by atoms with Crippen LogP contribution in [0, 0.1) is 0 Å².